The average Bonchev–Trinajstić information content (AvgIpc) is 2.40. The van der Waals surface area contributed by atoms with Crippen LogP contribution in [-0.2, 0) is 9.93 Å². The first-order chi connectivity index (χ1) is 8.68. The summed E-state index contributed by atoms with van der Waals surface area (Å²) < 4.78 is 12.2. The lowest BCUT2D eigenvalue weighted by molar-refractivity contribution is 0.562. The Balaban J connectivity index is 3.23. The first-order valence-corrected chi connectivity index (χ1v) is 10.5. The first-order valence-electron chi connectivity index (χ1n) is 8.25. The molecule has 0 heterocycles. The van der Waals surface area contributed by atoms with Crippen LogP contribution < -0.4 is 0 Å². The van der Waals surface area contributed by atoms with Crippen molar-refractivity contribution in [2.75, 3.05) is 17.3 Å². The van der Waals surface area contributed by atoms with Gasteiger partial charge in [-0.2, -0.15) is 0 Å². The smallest absolute Gasteiger partial charge is 0.00125 e. The van der Waals surface area contributed by atoms with Gasteiger partial charge in [0.2, 0.25) is 0 Å². The maximum atomic E-state index is 12.2. The largest absolute Gasteiger partial charge is 0.285 e. The summed E-state index contributed by atoms with van der Waals surface area (Å²) in [6.45, 7) is 6.44. The minimum absolute atomic E-state index is 0.904. The Morgan fingerprint density at radius 2 is 1.00 bits per heavy atom. The summed E-state index contributed by atoms with van der Waals surface area (Å²) in [6, 6.07) is 0. The molecule has 18 heavy (non-hydrogen) atoms. The summed E-state index contributed by atoms with van der Waals surface area (Å²) in [6.07, 6.45) is 13.6. The highest BCUT2D eigenvalue weighted by Gasteiger charge is 2.08. The standard InChI is InChI=1S/C16H36OS/c1-4-7-8-9-10-11-12-13-14-15-16-18(17,5-2)6-3/h18H,4-16H2,1-3H3. The lowest BCUT2D eigenvalue weighted by Crippen LogP contribution is -2.21. The minimum atomic E-state index is -1.76. The summed E-state index contributed by atoms with van der Waals surface area (Å²) in [7, 11) is -1.76. The predicted octanol–water partition coefficient (Wildman–Crippen LogP) is 4.96. The van der Waals surface area contributed by atoms with Crippen LogP contribution in [-0.4, -0.2) is 21.5 Å². The van der Waals surface area contributed by atoms with E-state index in [0.717, 1.165) is 17.3 Å². The second kappa shape index (κ2) is 12.2. The number of rotatable bonds is 13. The van der Waals surface area contributed by atoms with Crippen LogP contribution in [0.3, 0.4) is 0 Å². The van der Waals surface area contributed by atoms with Gasteiger partial charge in [-0.3, -0.25) is 4.21 Å². The van der Waals surface area contributed by atoms with E-state index in [9.17, 15) is 4.21 Å². The lowest BCUT2D eigenvalue weighted by Gasteiger charge is -2.19. The van der Waals surface area contributed by atoms with E-state index in [1.165, 1.54) is 64.2 Å². The predicted molar refractivity (Wildman–Crippen MR) is 87.3 cm³/mol. The molecule has 1 nitrogen and oxygen atoms in total. The molecule has 0 unspecified atom stereocenters. The van der Waals surface area contributed by atoms with Gasteiger partial charge in [0, 0.05) is 5.75 Å². The summed E-state index contributed by atoms with van der Waals surface area (Å²) >= 11 is 0. The van der Waals surface area contributed by atoms with Crippen molar-refractivity contribution in [2.24, 2.45) is 0 Å². The normalized spacial score (nSPS) is 12.8. The molecule has 0 rings (SSSR count). The molecule has 0 radical (unpaired) electrons. The monoisotopic (exact) mass is 276 g/mol. The molecule has 0 aromatic carbocycles. The van der Waals surface area contributed by atoms with Gasteiger partial charge in [0.1, 0.15) is 0 Å². The Morgan fingerprint density at radius 3 is 1.39 bits per heavy atom. The van der Waals surface area contributed by atoms with E-state index in [-0.39, 0.29) is 0 Å². The fourth-order valence-electron chi connectivity index (χ4n) is 2.43. The molecular formula is C16H36OS. The van der Waals surface area contributed by atoms with Crippen molar-refractivity contribution in [3.63, 3.8) is 0 Å². The molecule has 0 spiro atoms. The Morgan fingerprint density at radius 1 is 0.611 bits per heavy atom. The second-order valence-corrected chi connectivity index (χ2v) is 9.42. The fraction of sp³-hybridized carbons (Fsp3) is 1.00. The highest BCUT2D eigenvalue weighted by molar-refractivity contribution is 8.02. The maximum absolute atomic E-state index is 12.2. The molecule has 112 valence electrons. The van der Waals surface area contributed by atoms with Crippen LogP contribution in [0.25, 0.3) is 0 Å². The molecular weight excluding hydrogens is 240 g/mol. The highest BCUT2D eigenvalue weighted by Crippen LogP contribution is 2.13. The molecule has 0 amide bonds. The van der Waals surface area contributed by atoms with Gasteiger partial charge in [0.25, 0.3) is 0 Å². The zero-order valence-corrected chi connectivity index (χ0v) is 13.9. The van der Waals surface area contributed by atoms with E-state index >= 15 is 0 Å². The molecule has 0 saturated carbocycles. The van der Waals surface area contributed by atoms with Gasteiger partial charge < -0.3 is 0 Å². The number of hydrogen-bond donors (Lipinski definition) is 1. The van der Waals surface area contributed by atoms with Crippen molar-refractivity contribution in [3.05, 3.63) is 0 Å². The Kier molecular flexibility index (Phi) is 12.3. The van der Waals surface area contributed by atoms with Crippen molar-refractivity contribution in [2.45, 2.75) is 85.0 Å². The molecule has 0 N–H and O–H groups in total. The number of thiol groups is 1. The van der Waals surface area contributed by atoms with Crippen molar-refractivity contribution in [3.8, 4) is 0 Å². The van der Waals surface area contributed by atoms with Crippen molar-refractivity contribution in [1.29, 1.82) is 0 Å². The van der Waals surface area contributed by atoms with Gasteiger partial charge in [-0.05, 0) is 17.9 Å². The van der Waals surface area contributed by atoms with Crippen LogP contribution in [0.2, 0.25) is 0 Å². The van der Waals surface area contributed by atoms with Crippen LogP contribution >= 0.6 is 0 Å². The molecule has 0 aromatic heterocycles. The van der Waals surface area contributed by atoms with Gasteiger partial charge in [-0.15, -0.1) is 9.93 Å². The van der Waals surface area contributed by atoms with E-state index in [1.54, 1.807) is 0 Å². The maximum Gasteiger partial charge on any atom is 0.00125 e. The van der Waals surface area contributed by atoms with E-state index in [0.29, 0.717) is 0 Å². The summed E-state index contributed by atoms with van der Waals surface area (Å²) in [4.78, 5) is 0. The van der Waals surface area contributed by atoms with Crippen LogP contribution in [0.1, 0.15) is 85.0 Å². The molecule has 0 aliphatic carbocycles. The van der Waals surface area contributed by atoms with Crippen LogP contribution in [0.4, 0.5) is 0 Å². The van der Waals surface area contributed by atoms with Crippen molar-refractivity contribution >= 4 is 9.93 Å². The van der Waals surface area contributed by atoms with Gasteiger partial charge in [0.05, 0.1) is 0 Å². The molecule has 0 bridgehead atoms. The third kappa shape index (κ3) is 10.1. The van der Waals surface area contributed by atoms with Crippen molar-refractivity contribution in [1.82, 2.24) is 0 Å². The van der Waals surface area contributed by atoms with Crippen LogP contribution in [0.15, 0.2) is 0 Å². The summed E-state index contributed by atoms with van der Waals surface area (Å²) in [5.41, 5.74) is 0. The van der Waals surface area contributed by atoms with Gasteiger partial charge >= 0.3 is 0 Å². The molecule has 0 aliphatic heterocycles. The number of hydrogen-bond acceptors (Lipinski definition) is 1. The SMILES string of the molecule is CCCCCCCCCCCC[SH](=O)(CC)CC. The van der Waals surface area contributed by atoms with E-state index in [2.05, 4.69) is 20.8 Å². The molecule has 0 aliphatic rings. The Hall–Kier alpha value is 0.150. The molecule has 2 heteroatoms. The lowest BCUT2D eigenvalue weighted by atomic mass is 10.1. The summed E-state index contributed by atoms with van der Waals surface area (Å²) in [5.74, 6) is 2.80. The molecule has 0 fully saturated rings. The van der Waals surface area contributed by atoms with Gasteiger partial charge in [0.15, 0.2) is 0 Å². The fourth-order valence-corrected chi connectivity index (χ4v) is 4.31. The first kappa shape index (κ1) is 18.1. The van der Waals surface area contributed by atoms with Crippen LogP contribution in [0.5, 0.6) is 0 Å². The third-order valence-electron chi connectivity index (χ3n) is 4.07. The Bertz CT molecular complexity index is 205. The Labute approximate surface area is 117 Å². The van der Waals surface area contributed by atoms with E-state index < -0.39 is 9.93 Å². The number of unbranched alkanes of at least 4 members (excludes halogenated alkanes) is 9. The highest BCUT2D eigenvalue weighted by atomic mass is 32.2. The van der Waals surface area contributed by atoms with Crippen LogP contribution in [0, 0.1) is 0 Å². The molecule has 0 aromatic rings. The van der Waals surface area contributed by atoms with Gasteiger partial charge in [-0.1, -0.05) is 78.6 Å². The van der Waals surface area contributed by atoms with E-state index in [4.69, 9.17) is 0 Å². The molecule has 0 saturated heterocycles. The molecule has 0 atom stereocenters. The van der Waals surface area contributed by atoms with E-state index in [1.807, 2.05) is 0 Å². The third-order valence-corrected chi connectivity index (χ3v) is 7.51. The minimum Gasteiger partial charge on any atom is -0.285 e. The average molecular weight is 277 g/mol. The summed E-state index contributed by atoms with van der Waals surface area (Å²) in [5, 5.41) is 0. The zero-order chi connectivity index (χ0) is 13.7. The van der Waals surface area contributed by atoms with Gasteiger partial charge in [-0.25, -0.2) is 0 Å². The zero-order valence-electron chi connectivity index (χ0n) is 13.0. The second-order valence-electron chi connectivity index (χ2n) is 5.60. The topological polar surface area (TPSA) is 17.1 Å². The quantitative estimate of drug-likeness (QED) is 0.371. The van der Waals surface area contributed by atoms with Crippen molar-refractivity contribution < 1.29 is 4.21 Å².